The highest BCUT2D eigenvalue weighted by Crippen LogP contribution is 2.50. The van der Waals surface area contributed by atoms with Crippen LogP contribution in [0.5, 0.6) is 0 Å². The monoisotopic (exact) mass is 533 g/mol. The van der Waals surface area contributed by atoms with Crippen LogP contribution in [-0.4, -0.2) is 16.0 Å². The summed E-state index contributed by atoms with van der Waals surface area (Å²) >= 11 is 6.83. The van der Waals surface area contributed by atoms with E-state index in [0.29, 0.717) is 22.1 Å². The zero-order chi connectivity index (χ0) is 26.4. The van der Waals surface area contributed by atoms with Crippen LogP contribution >= 0.6 is 11.6 Å². The van der Waals surface area contributed by atoms with Crippen molar-refractivity contribution in [3.63, 3.8) is 0 Å². The number of nitrogens with one attached hydrogen (secondary N) is 4. The molecule has 4 aromatic rings. The molecular formula is C31H28ClN7. The number of pyridine rings is 1. The van der Waals surface area contributed by atoms with Gasteiger partial charge >= 0.3 is 0 Å². The second-order valence-electron chi connectivity index (χ2n) is 10.5. The highest BCUT2D eigenvalue weighted by Gasteiger charge is 2.45. The average molecular weight is 534 g/mol. The van der Waals surface area contributed by atoms with Crippen LogP contribution in [0, 0.1) is 11.3 Å². The fourth-order valence-electron chi connectivity index (χ4n) is 5.36. The first-order valence-electron chi connectivity index (χ1n) is 13.3. The number of halogens is 1. The Morgan fingerprint density at radius 1 is 1.05 bits per heavy atom. The minimum Gasteiger partial charge on any atom is -0.374 e. The van der Waals surface area contributed by atoms with Crippen LogP contribution < -0.4 is 21.6 Å². The maximum Gasteiger partial charge on any atom is 0.103 e. The number of fused-ring (bicyclic) bond motifs is 1. The molecule has 7 rings (SSSR count). The SMILES string of the molecule is N#Cc1cnc2c(Cl)cc(NC(C3=CN(C4CC4)NN3)c3ccccc3)cc2c1NC1(c2ccccc2)CC1. The minimum atomic E-state index is -0.194. The number of aromatic nitrogens is 1. The summed E-state index contributed by atoms with van der Waals surface area (Å²) in [6, 6.07) is 27.4. The van der Waals surface area contributed by atoms with Crippen molar-refractivity contribution in [1.82, 2.24) is 21.0 Å². The first kappa shape index (κ1) is 23.8. The van der Waals surface area contributed by atoms with Gasteiger partial charge in [-0.3, -0.25) is 9.99 Å². The predicted octanol–water partition coefficient (Wildman–Crippen LogP) is 6.34. The van der Waals surface area contributed by atoms with E-state index in [1.165, 1.54) is 18.4 Å². The smallest absolute Gasteiger partial charge is 0.103 e. The quantitative estimate of drug-likeness (QED) is 0.210. The van der Waals surface area contributed by atoms with Gasteiger partial charge in [0.15, 0.2) is 0 Å². The number of hydrogen-bond donors (Lipinski definition) is 4. The summed E-state index contributed by atoms with van der Waals surface area (Å²) in [7, 11) is 0. The molecule has 0 saturated heterocycles. The zero-order valence-electron chi connectivity index (χ0n) is 21.3. The predicted molar refractivity (Wildman–Crippen MR) is 154 cm³/mol. The van der Waals surface area contributed by atoms with Crippen LogP contribution in [0.1, 0.15) is 48.4 Å². The summed E-state index contributed by atoms with van der Waals surface area (Å²) in [4.78, 5) is 4.56. The fourth-order valence-corrected chi connectivity index (χ4v) is 5.63. The lowest BCUT2D eigenvalue weighted by Crippen LogP contribution is -2.38. The van der Waals surface area contributed by atoms with Crippen molar-refractivity contribution < 1.29 is 0 Å². The van der Waals surface area contributed by atoms with Gasteiger partial charge < -0.3 is 16.1 Å². The molecule has 1 aromatic heterocycles. The Kier molecular flexibility index (Phi) is 5.80. The molecule has 2 heterocycles. The molecule has 4 N–H and O–H groups in total. The Labute approximate surface area is 232 Å². The third kappa shape index (κ3) is 4.52. The van der Waals surface area contributed by atoms with Crippen molar-refractivity contribution in [2.24, 2.45) is 0 Å². The van der Waals surface area contributed by atoms with Gasteiger partial charge in [-0.1, -0.05) is 72.3 Å². The summed E-state index contributed by atoms with van der Waals surface area (Å²) in [5.41, 5.74) is 12.6. The Balaban J connectivity index is 1.29. The van der Waals surface area contributed by atoms with E-state index in [1.54, 1.807) is 6.20 Å². The first-order valence-corrected chi connectivity index (χ1v) is 13.7. The Bertz CT molecular complexity index is 1610. The number of rotatable bonds is 8. The molecule has 0 amide bonds. The first-order chi connectivity index (χ1) is 19.1. The number of nitriles is 1. The third-order valence-electron chi connectivity index (χ3n) is 7.79. The van der Waals surface area contributed by atoms with Crippen molar-refractivity contribution in [2.75, 3.05) is 10.6 Å². The van der Waals surface area contributed by atoms with Crippen LogP contribution in [0.4, 0.5) is 11.4 Å². The Morgan fingerprint density at radius 3 is 2.49 bits per heavy atom. The molecule has 1 unspecified atom stereocenters. The molecule has 0 spiro atoms. The minimum absolute atomic E-state index is 0.140. The molecule has 2 fully saturated rings. The molecular weight excluding hydrogens is 506 g/mol. The van der Waals surface area contributed by atoms with E-state index < -0.39 is 0 Å². The van der Waals surface area contributed by atoms with Crippen molar-refractivity contribution in [1.29, 1.82) is 5.26 Å². The molecule has 1 atom stereocenters. The molecule has 7 nitrogen and oxygen atoms in total. The fraction of sp³-hybridized carbons (Fsp3) is 0.226. The topological polar surface area (TPSA) is 88.0 Å². The van der Waals surface area contributed by atoms with Crippen LogP contribution in [0.3, 0.4) is 0 Å². The van der Waals surface area contributed by atoms with Gasteiger partial charge in [0.2, 0.25) is 0 Å². The Hall–Kier alpha value is -4.25. The van der Waals surface area contributed by atoms with Crippen molar-refractivity contribution >= 4 is 33.9 Å². The van der Waals surface area contributed by atoms with Gasteiger partial charge in [-0.25, -0.2) is 0 Å². The number of nitrogens with zero attached hydrogens (tertiary/aromatic N) is 3. The number of benzene rings is 3. The van der Waals surface area contributed by atoms with Gasteiger partial charge in [-0.05, 0) is 48.9 Å². The molecule has 1 aliphatic heterocycles. The summed E-state index contributed by atoms with van der Waals surface area (Å²) in [5, 5.41) is 21.0. The van der Waals surface area contributed by atoms with Gasteiger partial charge in [-0.15, -0.1) is 5.53 Å². The molecule has 2 aliphatic carbocycles. The van der Waals surface area contributed by atoms with Crippen molar-refractivity contribution in [2.45, 2.75) is 43.3 Å². The van der Waals surface area contributed by atoms with Gasteiger partial charge in [0.25, 0.3) is 0 Å². The number of hydrazine groups is 2. The van der Waals surface area contributed by atoms with Crippen LogP contribution in [0.15, 0.2) is 90.9 Å². The van der Waals surface area contributed by atoms with Gasteiger partial charge in [0.05, 0.1) is 39.1 Å². The Morgan fingerprint density at radius 2 is 1.79 bits per heavy atom. The molecule has 2 saturated carbocycles. The summed E-state index contributed by atoms with van der Waals surface area (Å²) in [5.74, 6) is 0. The lowest BCUT2D eigenvalue weighted by atomic mass is 10.0. The van der Waals surface area contributed by atoms with Crippen LogP contribution in [0.2, 0.25) is 5.02 Å². The van der Waals surface area contributed by atoms with Crippen LogP contribution in [0.25, 0.3) is 10.9 Å². The number of hydrogen-bond acceptors (Lipinski definition) is 7. The summed E-state index contributed by atoms with van der Waals surface area (Å²) < 4.78 is 0. The molecule has 0 bridgehead atoms. The van der Waals surface area contributed by atoms with E-state index in [-0.39, 0.29) is 11.6 Å². The molecule has 8 heteroatoms. The molecule has 39 heavy (non-hydrogen) atoms. The lowest BCUT2D eigenvalue weighted by Gasteiger charge is -2.24. The molecule has 0 radical (unpaired) electrons. The van der Waals surface area contributed by atoms with Crippen molar-refractivity contribution in [3.8, 4) is 6.07 Å². The average Bonchev–Trinajstić information content (AvgIpc) is 3.92. The number of anilines is 2. The van der Waals surface area contributed by atoms with E-state index in [9.17, 15) is 5.26 Å². The van der Waals surface area contributed by atoms with E-state index in [4.69, 9.17) is 11.6 Å². The maximum absolute atomic E-state index is 10.0. The van der Waals surface area contributed by atoms with Crippen molar-refractivity contribution in [3.05, 3.63) is 113 Å². The van der Waals surface area contributed by atoms with Crippen LogP contribution in [-0.2, 0) is 5.54 Å². The highest BCUT2D eigenvalue weighted by molar-refractivity contribution is 6.35. The third-order valence-corrected chi connectivity index (χ3v) is 8.08. The lowest BCUT2D eigenvalue weighted by molar-refractivity contribution is 0.260. The second-order valence-corrected chi connectivity index (χ2v) is 10.9. The second kappa shape index (κ2) is 9.49. The summed E-state index contributed by atoms with van der Waals surface area (Å²) in [6.45, 7) is 0. The zero-order valence-corrected chi connectivity index (χ0v) is 22.0. The standard InChI is InChI=1S/C31H28ClN7/c32-26-16-23(35-29(20-7-3-1-4-8-20)27-19-39(38-37-27)24-11-12-24)15-25-28(21(17-33)18-34-30(25)26)36-31(13-14-31)22-9-5-2-6-10-22/h1-10,15-16,18-19,24,29,35,37-38H,11-14H2,(H,34,36). The molecule has 194 valence electrons. The van der Waals surface area contributed by atoms with E-state index in [0.717, 1.165) is 40.9 Å². The van der Waals surface area contributed by atoms with Gasteiger partial charge in [0, 0.05) is 29.5 Å². The van der Waals surface area contributed by atoms with Gasteiger partial charge in [0.1, 0.15) is 6.07 Å². The largest absolute Gasteiger partial charge is 0.374 e. The normalized spacial score (nSPS) is 18.2. The highest BCUT2D eigenvalue weighted by atomic mass is 35.5. The summed E-state index contributed by atoms with van der Waals surface area (Å²) in [6.07, 6.45) is 8.13. The van der Waals surface area contributed by atoms with E-state index in [2.05, 4.69) is 86.3 Å². The van der Waals surface area contributed by atoms with E-state index in [1.807, 2.05) is 30.3 Å². The van der Waals surface area contributed by atoms with Gasteiger partial charge in [-0.2, -0.15) is 5.26 Å². The molecule has 3 aromatic carbocycles. The molecule has 3 aliphatic rings. The maximum atomic E-state index is 10.0. The van der Waals surface area contributed by atoms with E-state index >= 15 is 0 Å².